The fourth-order valence-electron chi connectivity index (χ4n) is 1.61. The lowest BCUT2D eigenvalue weighted by atomic mass is 10.2. The summed E-state index contributed by atoms with van der Waals surface area (Å²) in [6, 6.07) is 9.68. The number of hydrogen-bond acceptors (Lipinski definition) is 6. The monoisotopic (exact) mass is 378 g/mol. The van der Waals surface area contributed by atoms with Crippen LogP contribution in [-0.2, 0) is 34.3 Å². The number of ketones is 1. The smallest absolute Gasteiger partial charge is 0.374 e. The number of Topliss-reactive ketones (excluding diaryl/α,β-unsaturated/α-hetero) is 1. The van der Waals surface area contributed by atoms with E-state index in [4.69, 9.17) is 18.3 Å². The maximum absolute atomic E-state index is 12.1. The Morgan fingerprint density at radius 3 is 2.52 bits per heavy atom. The Morgan fingerprint density at radius 1 is 1.24 bits per heavy atom. The number of carbonyl (C=O) groups is 1. The van der Waals surface area contributed by atoms with Gasteiger partial charge in [0.1, 0.15) is 19.3 Å². The van der Waals surface area contributed by atoms with Crippen LogP contribution in [-0.4, -0.2) is 37.0 Å². The van der Waals surface area contributed by atoms with Crippen LogP contribution in [0.1, 0.15) is 5.56 Å². The average molecular weight is 379 g/mol. The van der Waals surface area contributed by atoms with E-state index < -0.39 is 13.9 Å². The zero-order valence-electron chi connectivity index (χ0n) is 11.3. The molecule has 1 aliphatic rings. The summed E-state index contributed by atoms with van der Waals surface area (Å²) >= 11 is 3.26. The van der Waals surface area contributed by atoms with Crippen LogP contribution in [0.3, 0.4) is 0 Å². The lowest BCUT2D eigenvalue weighted by molar-refractivity contribution is -0.128. The molecule has 0 aliphatic carbocycles. The summed E-state index contributed by atoms with van der Waals surface area (Å²) < 4.78 is 32.6. The van der Waals surface area contributed by atoms with Gasteiger partial charge in [0.2, 0.25) is 0 Å². The van der Waals surface area contributed by atoms with Crippen LogP contribution in [0.15, 0.2) is 30.3 Å². The normalized spacial score (nSPS) is 19.4. The first-order chi connectivity index (χ1) is 10.1. The molecule has 0 bridgehead atoms. The van der Waals surface area contributed by atoms with E-state index in [1.165, 1.54) is 0 Å². The number of rotatable bonds is 7. The maximum atomic E-state index is 12.1. The van der Waals surface area contributed by atoms with Gasteiger partial charge in [0, 0.05) is 5.33 Å². The molecule has 1 unspecified atom stereocenters. The van der Waals surface area contributed by atoms with Crippen molar-refractivity contribution in [2.24, 2.45) is 0 Å². The van der Waals surface area contributed by atoms with E-state index in [0.717, 1.165) is 5.56 Å². The van der Waals surface area contributed by atoms with Gasteiger partial charge >= 0.3 is 7.82 Å². The van der Waals surface area contributed by atoms with Crippen LogP contribution in [0.4, 0.5) is 0 Å². The molecule has 0 aromatic heterocycles. The first kappa shape index (κ1) is 16.8. The third kappa shape index (κ3) is 5.62. The SMILES string of the molecule is O=C1COP(=O)(OC(CBr)COCc2ccccc2)OC1. The minimum absolute atomic E-state index is 0.227. The van der Waals surface area contributed by atoms with Gasteiger partial charge in [-0.05, 0) is 5.56 Å². The lowest BCUT2D eigenvalue weighted by Crippen LogP contribution is -2.26. The van der Waals surface area contributed by atoms with Crippen LogP contribution in [0, 0.1) is 0 Å². The molecular weight excluding hydrogens is 363 g/mol. The third-order valence-electron chi connectivity index (χ3n) is 2.63. The predicted molar refractivity (Wildman–Crippen MR) is 79.3 cm³/mol. The van der Waals surface area contributed by atoms with Gasteiger partial charge in [-0.25, -0.2) is 4.57 Å². The number of halogens is 1. The molecule has 0 amide bonds. The topological polar surface area (TPSA) is 71.1 Å². The zero-order chi connectivity index (χ0) is 15.1. The summed E-state index contributed by atoms with van der Waals surface area (Å²) in [4.78, 5) is 11.0. The lowest BCUT2D eigenvalue weighted by Gasteiger charge is -2.25. The molecule has 6 nitrogen and oxygen atoms in total. The molecule has 21 heavy (non-hydrogen) atoms. The van der Waals surface area contributed by atoms with Gasteiger partial charge in [0.25, 0.3) is 0 Å². The fourth-order valence-corrected chi connectivity index (χ4v) is 3.43. The molecule has 1 fully saturated rings. The van der Waals surface area contributed by atoms with Crippen molar-refractivity contribution in [3.8, 4) is 0 Å². The summed E-state index contributed by atoms with van der Waals surface area (Å²) in [5, 5.41) is 0.409. The van der Waals surface area contributed by atoms with Crippen molar-refractivity contribution in [1.29, 1.82) is 0 Å². The Balaban J connectivity index is 1.78. The number of carbonyl (C=O) groups excluding carboxylic acids is 1. The quantitative estimate of drug-likeness (QED) is 0.536. The van der Waals surface area contributed by atoms with E-state index in [-0.39, 0.29) is 25.6 Å². The van der Waals surface area contributed by atoms with Crippen LogP contribution in [0.2, 0.25) is 0 Å². The largest absolute Gasteiger partial charge is 0.476 e. The molecule has 8 heteroatoms. The summed E-state index contributed by atoms with van der Waals surface area (Å²) in [5.74, 6) is -0.263. The average Bonchev–Trinajstić information content (AvgIpc) is 2.51. The molecule has 0 N–H and O–H groups in total. The second kappa shape index (κ2) is 8.17. The molecule has 0 radical (unpaired) electrons. The minimum Gasteiger partial charge on any atom is -0.374 e. The van der Waals surface area contributed by atoms with E-state index in [2.05, 4.69) is 15.9 Å². The maximum Gasteiger partial charge on any atom is 0.476 e. The number of phosphoric acid groups is 1. The Labute approximate surface area is 131 Å². The number of alkyl halides is 1. The highest BCUT2D eigenvalue weighted by atomic mass is 79.9. The van der Waals surface area contributed by atoms with Crippen molar-refractivity contribution in [2.75, 3.05) is 25.2 Å². The Morgan fingerprint density at radius 2 is 1.90 bits per heavy atom. The van der Waals surface area contributed by atoms with Gasteiger partial charge in [0.05, 0.1) is 13.2 Å². The first-order valence-electron chi connectivity index (χ1n) is 6.38. The molecule has 1 aromatic rings. The molecule has 116 valence electrons. The highest BCUT2D eigenvalue weighted by Crippen LogP contribution is 2.52. The summed E-state index contributed by atoms with van der Waals surface area (Å²) in [6.07, 6.45) is -0.493. The van der Waals surface area contributed by atoms with E-state index in [1.54, 1.807) is 0 Å². The van der Waals surface area contributed by atoms with E-state index in [1.807, 2.05) is 30.3 Å². The number of ether oxygens (including phenoxy) is 1. The molecule has 0 spiro atoms. The third-order valence-corrected chi connectivity index (χ3v) is 4.80. The molecule has 1 heterocycles. The van der Waals surface area contributed by atoms with E-state index in [9.17, 15) is 9.36 Å². The Bertz CT molecular complexity index is 495. The first-order valence-corrected chi connectivity index (χ1v) is 8.96. The molecule has 1 saturated heterocycles. The van der Waals surface area contributed by atoms with Crippen LogP contribution in [0.5, 0.6) is 0 Å². The van der Waals surface area contributed by atoms with E-state index in [0.29, 0.717) is 11.9 Å². The second-order valence-corrected chi connectivity index (χ2v) is 6.68. The Kier molecular flexibility index (Phi) is 6.54. The molecule has 1 atom stereocenters. The van der Waals surface area contributed by atoms with E-state index >= 15 is 0 Å². The second-order valence-electron chi connectivity index (χ2n) is 4.42. The summed E-state index contributed by atoms with van der Waals surface area (Å²) in [6.45, 7) is 0.150. The Hall–Kier alpha value is -0.560. The van der Waals surface area contributed by atoms with Gasteiger partial charge < -0.3 is 4.74 Å². The van der Waals surface area contributed by atoms with Gasteiger partial charge in [-0.2, -0.15) is 0 Å². The van der Waals surface area contributed by atoms with Crippen molar-refractivity contribution in [2.45, 2.75) is 12.7 Å². The summed E-state index contributed by atoms with van der Waals surface area (Å²) in [7, 11) is -3.67. The molecular formula is C13H16BrO6P. The van der Waals surface area contributed by atoms with Crippen LogP contribution in [0.25, 0.3) is 0 Å². The number of benzene rings is 1. The van der Waals surface area contributed by atoms with Gasteiger partial charge in [0.15, 0.2) is 5.78 Å². The number of hydrogen-bond donors (Lipinski definition) is 0. The van der Waals surface area contributed by atoms with Crippen LogP contribution >= 0.6 is 23.8 Å². The van der Waals surface area contributed by atoms with Crippen molar-refractivity contribution in [3.63, 3.8) is 0 Å². The minimum atomic E-state index is -3.67. The van der Waals surface area contributed by atoms with Crippen molar-refractivity contribution in [1.82, 2.24) is 0 Å². The van der Waals surface area contributed by atoms with Gasteiger partial charge in [-0.1, -0.05) is 46.3 Å². The van der Waals surface area contributed by atoms with Crippen molar-refractivity contribution < 1.29 is 27.7 Å². The summed E-state index contributed by atoms with van der Waals surface area (Å²) in [5.41, 5.74) is 1.04. The molecule has 1 aliphatic heterocycles. The zero-order valence-corrected chi connectivity index (χ0v) is 13.8. The standard InChI is InChI=1S/C13H16BrO6P/c14-6-13(10-17-7-11-4-2-1-3-5-11)20-21(16)18-8-12(15)9-19-21/h1-5,13H,6-10H2. The highest BCUT2D eigenvalue weighted by Gasteiger charge is 2.35. The van der Waals surface area contributed by atoms with Gasteiger partial charge in [-0.3, -0.25) is 18.4 Å². The van der Waals surface area contributed by atoms with Gasteiger partial charge in [-0.15, -0.1) is 0 Å². The van der Waals surface area contributed by atoms with Crippen LogP contribution < -0.4 is 0 Å². The fraction of sp³-hybridized carbons (Fsp3) is 0.462. The molecule has 0 saturated carbocycles. The van der Waals surface area contributed by atoms with Crippen molar-refractivity contribution >= 4 is 29.5 Å². The highest BCUT2D eigenvalue weighted by molar-refractivity contribution is 9.09. The van der Waals surface area contributed by atoms with Crippen molar-refractivity contribution in [3.05, 3.63) is 35.9 Å². The predicted octanol–water partition coefficient (Wildman–Crippen LogP) is 2.71. The molecule has 2 rings (SSSR count). The molecule has 1 aromatic carbocycles. The number of phosphoric ester groups is 1.